The summed E-state index contributed by atoms with van der Waals surface area (Å²) in [6.45, 7) is 6.47. The molecule has 0 radical (unpaired) electrons. The van der Waals surface area contributed by atoms with Crippen molar-refractivity contribution in [3.8, 4) is 0 Å². The molecule has 1 amide bonds. The third-order valence-corrected chi connectivity index (χ3v) is 7.08. The lowest BCUT2D eigenvalue weighted by atomic mass is 10.2. The molecule has 2 nitrogen and oxygen atoms in total. The van der Waals surface area contributed by atoms with Crippen molar-refractivity contribution in [1.82, 2.24) is 0 Å². The molecule has 0 aliphatic carbocycles. The van der Waals surface area contributed by atoms with E-state index in [2.05, 4.69) is 83.4 Å². The number of hydrogen-bond acceptors (Lipinski definition) is 1. The van der Waals surface area contributed by atoms with Gasteiger partial charge in [0.05, 0.1) is 5.69 Å². The van der Waals surface area contributed by atoms with Crippen LogP contribution in [0.1, 0.15) is 10.4 Å². The lowest BCUT2D eigenvalue weighted by Crippen LogP contribution is -2.50. The Hall–Kier alpha value is 0.0469. The van der Waals surface area contributed by atoms with Gasteiger partial charge in [0.15, 0.2) is 8.24 Å². The standard InChI is InChI=1S/C16H15Br4NOSi/c1-23(2,3)21(15-13(19)8-12(18)9-14(15)20)16(22)10-5-4-6-11(17)7-10/h4-9H,1-3H3. The smallest absolute Gasteiger partial charge is 0.250 e. The first kappa shape index (κ1) is 19.4. The average Bonchev–Trinajstić information content (AvgIpc) is 2.40. The maximum Gasteiger partial charge on any atom is 0.250 e. The Morgan fingerprint density at radius 1 is 0.913 bits per heavy atom. The molecule has 7 heteroatoms. The van der Waals surface area contributed by atoms with Gasteiger partial charge in [-0.1, -0.05) is 57.6 Å². The lowest BCUT2D eigenvalue weighted by Gasteiger charge is -2.36. The van der Waals surface area contributed by atoms with Crippen molar-refractivity contribution in [2.24, 2.45) is 0 Å². The number of benzene rings is 2. The second kappa shape index (κ2) is 7.52. The average molecular weight is 585 g/mol. The number of amides is 1. The summed E-state index contributed by atoms with van der Waals surface area (Å²) in [7, 11) is -1.98. The van der Waals surface area contributed by atoms with Gasteiger partial charge in [-0.2, -0.15) is 0 Å². The molecule has 0 aliphatic rings. The molecule has 0 heterocycles. The Morgan fingerprint density at radius 3 is 1.96 bits per heavy atom. The number of carbonyl (C=O) groups is 1. The van der Waals surface area contributed by atoms with Crippen molar-refractivity contribution in [3.63, 3.8) is 0 Å². The summed E-state index contributed by atoms with van der Waals surface area (Å²) < 4.78 is 5.54. The molecule has 2 aromatic carbocycles. The third-order valence-electron chi connectivity index (χ3n) is 3.15. The Kier molecular flexibility index (Phi) is 6.33. The van der Waals surface area contributed by atoms with Gasteiger partial charge in [0.1, 0.15) is 0 Å². The maximum atomic E-state index is 13.2. The topological polar surface area (TPSA) is 20.3 Å². The van der Waals surface area contributed by atoms with E-state index in [1.54, 1.807) is 0 Å². The Balaban J connectivity index is 2.62. The second-order valence-electron chi connectivity index (χ2n) is 6.04. The molecule has 0 N–H and O–H groups in total. The van der Waals surface area contributed by atoms with Crippen LogP contribution in [-0.4, -0.2) is 14.1 Å². The quantitative estimate of drug-likeness (QED) is 0.349. The summed E-state index contributed by atoms with van der Waals surface area (Å²) in [5, 5.41) is 0. The van der Waals surface area contributed by atoms with Crippen LogP contribution in [0.3, 0.4) is 0 Å². The van der Waals surface area contributed by atoms with Crippen LogP contribution < -0.4 is 4.57 Å². The van der Waals surface area contributed by atoms with Gasteiger partial charge >= 0.3 is 0 Å². The highest BCUT2D eigenvalue weighted by Crippen LogP contribution is 2.40. The Labute approximate surface area is 171 Å². The van der Waals surface area contributed by atoms with E-state index >= 15 is 0 Å². The van der Waals surface area contributed by atoms with Crippen molar-refractivity contribution in [2.75, 3.05) is 4.57 Å². The molecule has 0 bridgehead atoms. The predicted octanol–water partition coefficient (Wildman–Crippen LogP) is 7.22. The highest BCUT2D eigenvalue weighted by atomic mass is 79.9. The highest BCUT2D eigenvalue weighted by Gasteiger charge is 2.33. The van der Waals surface area contributed by atoms with E-state index in [9.17, 15) is 4.79 Å². The van der Waals surface area contributed by atoms with Crippen LogP contribution >= 0.6 is 63.7 Å². The largest absolute Gasteiger partial charge is 0.335 e. The van der Waals surface area contributed by atoms with Gasteiger partial charge in [-0.25, -0.2) is 0 Å². The molecule has 2 aromatic rings. The molecule has 2 rings (SSSR count). The van der Waals surface area contributed by atoms with Gasteiger partial charge < -0.3 is 4.57 Å². The molecule has 0 spiro atoms. The van der Waals surface area contributed by atoms with Gasteiger partial charge in [0.25, 0.3) is 0 Å². The minimum absolute atomic E-state index is 0.00851. The number of carbonyl (C=O) groups excluding carboxylic acids is 1. The fraction of sp³-hybridized carbons (Fsp3) is 0.188. The first-order valence-corrected chi connectivity index (χ1v) is 13.5. The Bertz CT molecular complexity index is 735. The van der Waals surface area contributed by atoms with Crippen molar-refractivity contribution < 1.29 is 4.79 Å². The number of hydrogen-bond donors (Lipinski definition) is 0. The highest BCUT2D eigenvalue weighted by molar-refractivity contribution is 9.11. The number of anilines is 1. The first-order valence-electron chi connectivity index (χ1n) is 6.86. The zero-order chi connectivity index (χ0) is 17.4. The molecule has 0 atom stereocenters. The van der Waals surface area contributed by atoms with E-state index in [0.717, 1.165) is 23.6 Å². The molecule has 23 heavy (non-hydrogen) atoms. The van der Waals surface area contributed by atoms with Crippen LogP contribution in [0, 0.1) is 0 Å². The van der Waals surface area contributed by atoms with E-state index < -0.39 is 8.24 Å². The van der Waals surface area contributed by atoms with E-state index in [1.807, 2.05) is 41.0 Å². The van der Waals surface area contributed by atoms with E-state index in [-0.39, 0.29) is 5.91 Å². The lowest BCUT2D eigenvalue weighted by molar-refractivity contribution is 0.100. The minimum atomic E-state index is -1.98. The summed E-state index contributed by atoms with van der Waals surface area (Å²) in [5.41, 5.74) is 1.54. The van der Waals surface area contributed by atoms with Crippen molar-refractivity contribution in [3.05, 3.63) is 59.9 Å². The molecule has 0 saturated heterocycles. The second-order valence-corrected chi connectivity index (χ2v) is 14.4. The van der Waals surface area contributed by atoms with Crippen LogP contribution in [0.25, 0.3) is 0 Å². The van der Waals surface area contributed by atoms with Crippen LogP contribution in [0.5, 0.6) is 0 Å². The van der Waals surface area contributed by atoms with E-state index in [1.165, 1.54) is 0 Å². The zero-order valence-electron chi connectivity index (χ0n) is 12.8. The SMILES string of the molecule is C[Si](C)(C)N(C(=O)c1cccc(Br)c1)c1c(Br)cc(Br)cc1Br. The van der Waals surface area contributed by atoms with Crippen molar-refractivity contribution in [2.45, 2.75) is 19.6 Å². The summed E-state index contributed by atoms with van der Waals surface area (Å²) in [5.74, 6) is 0.00851. The maximum absolute atomic E-state index is 13.2. The van der Waals surface area contributed by atoms with E-state index in [4.69, 9.17) is 0 Å². The summed E-state index contributed by atoms with van der Waals surface area (Å²) in [4.78, 5) is 13.2. The van der Waals surface area contributed by atoms with Gasteiger partial charge in [0, 0.05) is 23.5 Å². The van der Waals surface area contributed by atoms with Crippen LogP contribution in [0.2, 0.25) is 19.6 Å². The van der Waals surface area contributed by atoms with Crippen LogP contribution in [0.4, 0.5) is 5.69 Å². The summed E-state index contributed by atoms with van der Waals surface area (Å²) in [6.07, 6.45) is 0. The van der Waals surface area contributed by atoms with Crippen LogP contribution in [0.15, 0.2) is 54.3 Å². The van der Waals surface area contributed by atoms with Gasteiger partial charge in [-0.05, 0) is 62.2 Å². The molecule has 0 aliphatic heterocycles. The summed E-state index contributed by atoms with van der Waals surface area (Å²) in [6, 6.07) is 11.4. The Morgan fingerprint density at radius 2 is 1.48 bits per heavy atom. The molecular weight excluding hydrogens is 570 g/mol. The minimum Gasteiger partial charge on any atom is -0.335 e. The zero-order valence-corrected chi connectivity index (χ0v) is 20.2. The van der Waals surface area contributed by atoms with Gasteiger partial charge in [-0.3, -0.25) is 4.79 Å². The van der Waals surface area contributed by atoms with Crippen molar-refractivity contribution >= 4 is 83.5 Å². The molecule has 0 unspecified atom stereocenters. The monoisotopic (exact) mass is 581 g/mol. The molecule has 122 valence electrons. The molecule has 0 aromatic heterocycles. The normalized spacial score (nSPS) is 11.4. The fourth-order valence-electron chi connectivity index (χ4n) is 2.24. The number of nitrogens with zero attached hydrogens (tertiary/aromatic N) is 1. The first-order chi connectivity index (χ1) is 10.6. The van der Waals surface area contributed by atoms with Crippen LogP contribution in [-0.2, 0) is 0 Å². The fourth-order valence-corrected chi connectivity index (χ4v) is 7.23. The molecule has 0 fully saturated rings. The number of rotatable bonds is 3. The van der Waals surface area contributed by atoms with Gasteiger partial charge in [-0.15, -0.1) is 0 Å². The third kappa shape index (κ3) is 4.57. The summed E-state index contributed by atoms with van der Waals surface area (Å²) >= 11 is 14.1. The predicted molar refractivity (Wildman–Crippen MR) is 114 cm³/mol. The number of halogens is 4. The molecule has 0 saturated carbocycles. The van der Waals surface area contributed by atoms with Crippen molar-refractivity contribution in [1.29, 1.82) is 0 Å². The van der Waals surface area contributed by atoms with E-state index in [0.29, 0.717) is 5.56 Å². The molecular formula is C16H15Br4NOSi. The van der Waals surface area contributed by atoms with Gasteiger partial charge in [0.2, 0.25) is 5.91 Å².